The number of nitrogens with zero attached hydrogens (tertiary/aromatic N) is 1. The van der Waals surface area contributed by atoms with Crippen LogP contribution in [-0.2, 0) is 4.79 Å². The zero-order valence-corrected chi connectivity index (χ0v) is 20.0. The maximum atomic E-state index is 11.8. The molecule has 0 rings (SSSR count). The van der Waals surface area contributed by atoms with Crippen molar-refractivity contribution in [2.24, 2.45) is 5.92 Å². The van der Waals surface area contributed by atoms with Crippen molar-refractivity contribution in [2.75, 3.05) is 33.3 Å². The van der Waals surface area contributed by atoms with Gasteiger partial charge in [-0.2, -0.15) is 0 Å². The van der Waals surface area contributed by atoms with Gasteiger partial charge in [0, 0.05) is 26.1 Å². The zero-order valence-electron chi connectivity index (χ0n) is 20.0. The Kier molecular flexibility index (Phi) is 21.6. The highest BCUT2D eigenvalue weighted by Crippen LogP contribution is 2.14. The third-order valence-corrected chi connectivity index (χ3v) is 5.67. The fourth-order valence-corrected chi connectivity index (χ4v) is 3.72. The standard InChI is InChI=1S/C25H52N2O2/c1-24(2)18-14-12-10-8-6-4-5-7-9-11-13-15-19-25(29)26-20-16-21-27(3)22-17-23-28/h24,28H,4-23H2,1-3H3,(H,26,29). The molecule has 29 heavy (non-hydrogen) atoms. The number of aliphatic hydroxyl groups excluding tert-OH is 1. The number of aliphatic hydroxyl groups is 1. The van der Waals surface area contributed by atoms with E-state index in [0.717, 1.165) is 44.8 Å². The van der Waals surface area contributed by atoms with Crippen molar-refractivity contribution in [3.63, 3.8) is 0 Å². The first kappa shape index (κ1) is 28.4. The Morgan fingerprint density at radius 2 is 1.24 bits per heavy atom. The van der Waals surface area contributed by atoms with Gasteiger partial charge in [-0.3, -0.25) is 4.79 Å². The van der Waals surface area contributed by atoms with Gasteiger partial charge >= 0.3 is 0 Å². The molecule has 0 saturated heterocycles. The Hall–Kier alpha value is -0.610. The molecule has 4 heteroatoms. The van der Waals surface area contributed by atoms with Gasteiger partial charge in [-0.15, -0.1) is 0 Å². The van der Waals surface area contributed by atoms with Gasteiger partial charge in [-0.1, -0.05) is 90.9 Å². The molecular weight excluding hydrogens is 360 g/mol. The first-order valence-electron chi connectivity index (χ1n) is 12.6. The van der Waals surface area contributed by atoms with E-state index >= 15 is 0 Å². The number of hydrogen-bond donors (Lipinski definition) is 2. The topological polar surface area (TPSA) is 52.6 Å². The Morgan fingerprint density at radius 1 is 0.759 bits per heavy atom. The summed E-state index contributed by atoms with van der Waals surface area (Å²) in [5.74, 6) is 1.07. The lowest BCUT2D eigenvalue weighted by atomic mass is 10.0. The lowest BCUT2D eigenvalue weighted by molar-refractivity contribution is -0.121. The van der Waals surface area contributed by atoms with Crippen molar-refractivity contribution in [2.45, 2.75) is 117 Å². The van der Waals surface area contributed by atoms with Gasteiger partial charge in [-0.05, 0) is 38.8 Å². The van der Waals surface area contributed by atoms with Crippen LogP contribution in [0.5, 0.6) is 0 Å². The highest BCUT2D eigenvalue weighted by molar-refractivity contribution is 5.75. The molecule has 4 nitrogen and oxygen atoms in total. The van der Waals surface area contributed by atoms with Crippen LogP contribution >= 0.6 is 0 Å². The fourth-order valence-electron chi connectivity index (χ4n) is 3.72. The molecule has 0 fully saturated rings. The molecule has 1 amide bonds. The Morgan fingerprint density at radius 3 is 1.76 bits per heavy atom. The van der Waals surface area contributed by atoms with Crippen molar-refractivity contribution in [3.05, 3.63) is 0 Å². The molecule has 0 heterocycles. The van der Waals surface area contributed by atoms with Crippen molar-refractivity contribution < 1.29 is 9.90 Å². The Balaban J connectivity index is 3.21. The molecule has 0 aliphatic heterocycles. The fraction of sp³-hybridized carbons (Fsp3) is 0.960. The summed E-state index contributed by atoms with van der Waals surface area (Å²) in [7, 11) is 2.06. The summed E-state index contributed by atoms with van der Waals surface area (Å²) in [6, 6.07) is 0. The van der Waals surface area contributed by atoms with Gasteiger partial charge in [-0.25, -0.2) is 0 Å². The largest absolute Gasteiger partial charge is 0.396 e. The quantitative estimate of drug-likeness (QED) is 0.217. The minimum atomic E-state index is 0.205. The van der Waals surface area contributed by atoms with Crippen molar-refractivity contribution in [1.82, 2.24) is 10.2 Å². The van der Waals surface area contributed by atoms with Gasteiger partial charge in [0.15, 0.2) is 0 Å². The van der Waals surface area contributed by atoms with Crippen LogP contribution in [0.1, 0.15) is 117 Å². The van der Waals surface area contributed by atoms with Crippen LogP contribution in [0.3, 0.4) is 0 Å². The number of rotatable bonds is 22. The summed E-state index contributed by atoms with van der Waals surface area (Å²) in [5, 5.41) is 11.8. The van der Waals surface area contributed by atoms with Gasteiger partial charge in [0.2, 0.25) is 5.91 Å². The molecule has 2 N–H and O–H groups in total. The molecular formula is C25H52N2O2. The van der Waals surface area contributed by atoms with Crippen LogP contribution < -0.4 is 5.32 Å². The van der Waals surface area contributed by atoms with E-state index in [-0.39, 0.29) is 12.5 Å². The number of hydrogen-bond acceptors (Lipinski definition) is 3. The van der Waals surface area contributed by atoms with Crippen LogP contribution in [0.2, 0.25) is 0 Å². The summed E-state index contributed by atoms with van der Waals surface area (Å²) < 4.78 is 0. The van der Waals surface area contributed by atoms with Crippen molar-refractivity contribution in [1.29, 1.82) is 0 Å². The third-order valence-electron chi connectivity index (χ3n) is 5.67. The smallest absolute Gasteiger partial charge is 0.219 e. The summed E-state index contributed by atoms with van der Waals surface area (Å²) in [6.45, 7) is 7.54. The van der Waals surface area contributed by atoms with Crippen LogP contribution in [0, 0.1) is 5.92 Å². The predicted octanol–water partition coefficient (Wildman–Crippen LogP) is 5.92. The van der Waals surface area contributed by atoms with E-state index in [4.69, 9.17) is 5.11 Å². The number of unbranched alkanes of at least 4 members (excludes halogenated alkanes) is 11. The van der Waals surface area contributed by atoms with Crippen LogP contribution in [0.4, 0.5) is 0 Å². The average Bonchev–Trinajstić information content (AvgIpc) is 2.69. The number of carbonyl (C=O) groups excluding carboxylic acids is 1. The maximum absolute atomic E-state index is 11.8. The molecule has 0 aromatic rings. The minimum absolute atomic E-state index is 0.205. The van der Waals surface area contributed by atoms with E-state index in [2.05, 4.69) is 31.1 Å². The minimum Gasteiger partial charge on any atom is -0.396 e. The van der Waals surface area contributed by atoms with E-state index in [1.165, 1.54) is 77.0 Å². The third kappa shape index (κ3) is 23.5. The zero-order chi connectivity index (χ0) is 21.6. The molecule has 0 atom stereocenters. The van der Waals surface area contributed by atoms with Crippen molar-refractivity contribution >= 4 is 5.91 Å². The monoisotopic (exact) mass is 412 g/mol. The van der Waals surface area contributed by atoms with E-state index in [1.54, 1.807) is 0 Å². The van der Waals surface area contributed by atoms with E-state index in [1.807, 2.05) is 0 Å². The number of amides is 1. The predicted molar refractivity (Wildman–Crippen MR) is 126 cm³/mol. The molecule has 0 aliphatic rings. The highest BCUT2D eigenvalue weighted by atomic mass is 16.3. The van der Waals surface area contributed by atoms with E-state index in [9.17, 15) is 4.79 Å². The summed E-state index contributed by atoms with van der Waals surface area (Å²) >= 11 is 0. The van der Waals surface area contributed by atoms with Gasteiger partial charge in [0.25, 0.3) is 0 Å². The molecule has 0 aromatic heterocycles. The molecule has 174 valence electrons. The van der Waals surface area contributed by atoms with Gasteiger partial charge in [0.05, 0.1) is 0 Å². The second-order valence-corrected chi connectivity index (χ2v) is 9.26. The van der Waals surface area contributed by atoms with Gasteiger partial charge in [0.1, 0.15) is 0 Å². The highest BCUT2D eigenvalue weighted by Gasteiger charge is 2.02. The van der Waals surface area contributed by atoms with Crippen LogP contribution in [0.15, 0.2) is 0 Å². The SMILES string of the molecule is CC(C)CCCCCCCCCCCCCCC(=O)NCCCN(C)CCCO. The first-order valence-corrected chi connectivity index (χ1v) is 12.6. The molecule has 0 radical (unpaired) electrons. The summed E-state index contributed by atoms with van der Waals surface area (Å²) in [4.78, 5) is 14.0. The molecule has 0 aromatic carbocycles. The molecule has 0 bridgehead atoms. The Labute approximate surface area is 182 Å². The lowest BCUT2D eigenvalue weighted by Gasteiger charge is -2.15. The van der Waals surface area contributed by atoms with E-state index in [0.29, 0.717) is 6.42 Å². The van der Waals surface area contributed by atoms with Gasteiger partial charge < -0.3 is 15.3 Å². The lowest BCUT2D eigenvalue weighted by Crippen LogP contribution is -2.28. The van der Waals surface area contributed by atoms with Crippen molar-refractivity contribution in [3.8, 4) is 0 Å². The van der Waals surface area contributed by atoms with Crippen LogP contribution in [0.25, 0.3) is 0 Å². The summed E-state index contributed by atoms with van der Waals surface area (Å²) in [6.07, 6.45) is 20.0. The molecule has 0 saturated carbocycles. The maximum Gasteiger partial charge on any atom is 0.219 e. The first-order chi connectivity index (χ1) is 14.1. The second kappa shape index (κ2) is 22.1. The normalized spacial score (nSPS) is 11.5. The molecule has 0 aliphatic carbocycles. The number of nitrogens with one attached hydrogen (secondary N) is 1. The number of carbonyl (C=O) groups is 1. The van der Waals surface area contributed by atoms with Crippen LogP contribution in [-0.4, -0.2) is 49.2 Å². The Bertz CT molecular complexity index is 348. The molecule has 0 unspecified atom stereocenters. The summed E-state index contributed by atoms with van der Waals surface area (Å²) in [5.41, 5.74) is 0. The molecule has 0 spiro atoms. The second-order valence-electron chi connectivity index (χ2n) is 9.26. The average molecular weight is 413 g/mol. The van der Waals surface area contributed by atoms with E-state index < -0.39 is 0 Å².